The molecule has 2 heteroatoms. The van der Waals surface area contributed by atoms with Gasteiger partial charge in [-0.05, 0) is 51.6 Å². The third kappa shape index (κ3) is 3.48. The zero-order valence-corrected chi connectivity index (χ0v) is 12.7. The lowest BCUT2D eigenvalue weighted by molar-refractivity contribution is 0.116. The Kier molecular flexibility index (Phi) is 5.08. The molecule has 0 spiro atoms. The number of nitrogens with zero attached hydrogens (tertiary/aromatic N) is 1. The third-order valence-electron chi connectivity index (χ3n) is 5.29. The molecule has 1 saturated heterocycles. The lowest BCUT2D eigenvalue weighted by Gasteiger charge is -2.39. The van der Waals surface area contributed by atoms with Crippen LogP contribution in [0.3, 0.4) is 0 Å². The molecule has 3 atom stereocenters. The lowest BCUT2D eigenvalue weighted by atomic mass is 9.92. The first-order chi connectivity index (χ1) is 8.64. The van der Waals surface area contributed by atoms with Gasteiger partial charge in [0.25, 0.3) is 0 Å². The second kappa shape index (κ2) is 6.38. The van der Waals surface area contributed by atoms with Gasteiger partial charge in [0.05, 0.1) is 0 Å². The first-order valence-electron chi connectivity index (χ1n) is 8.14. The van der Waals surface area contributed by atoms with E-state index in [2.05, 4.69) is 31.0 Å². The first-order valence-corrected chi connectivity index (χ1v) is 8.14. The largest absolute Gasteiger partial charge is 0.310 e. The molecule has 1 aliphatic carbocycles. The molecule has 0 bridgehead atoms. The molecular formula is C16H32N2. The van der Waals surface area contributed by atoms with Crippen molar-refractivity contribution in [3.05, 3.63) is 0 Å². The monoisotopic (exact) mass is 252 g/mol. The number of nitrogens with one attached hydrogen (secondary N) is 1. The predicted octanol–water partition coefficient (Wildman–Crippen LogP) is 3.42. The van der Waals surface area contributed by atoms with E-state index in [4.69, 9.17) is 0 Å². The van der Waals surface area contributed by atoms with E-state index in [-0.39, 0.29) is 0 Å². The molecule has 0 aromatic rings. The zero-order valence-electron chi connectivity index (χ0n) is 12.7. The standard InChI is InChI=1S/C16H32N2/c1-4-16(3)13-18(12-8-11-17-16)15-10-7-5-6-9-14(15)2/h14-15,17H,4-13H2,1-3H3. The van der Waals surface area contributed by atoms with Gasteiger partial charge in [0.15, 0.2) is 0 Å². The van der Waals surface area contributed by atoms with E-state index in [1.54, 1.807) is 0 Å². The third-order valence-corrected chi connectivity index (χ3v) is 5.29. The number of rotatable bonds is 2. The maximum atomic E-state index is 3.77. The normalized spacial score (nSPS) is 40.2. The van der Waals surface area contributed by atoms with Crippen molar-refractivity contribution >= 4 is 0 Å². The fraction of sp³-hybridized carbons (Fsp3) is 1.00. The first kappa shape index (κ1) is 14.3. The molecule has 2 aliphatic rings. The number of hydrogen-bond acceptors (Lipinski definition) is 2. The van der Waals surface area contributed by atoms with Gasteiger partial charge in [0.2, 0.25) is 0 Å². The molecule has 0 amide bonds. The topological polar surface area (TPSA) is 15.3 Å². The van der Waals surface area contributed by atoms with Crippen LogP contribution in [0.2, 0.25) is 0 Å². The molecule has 0 aromatic carbocycles. The molecule has 18 heavy (non-hydrogen) atoms. The van der Waals surface area contributed by atoms with Crippen molar-refractivity contribution in [1.82, 2.24) is 10.2 Å². The van der Waals surface area contributed by atoms with Crippen LogP contribution in [-0.2, 0) is 0 Å². The quantitative estimate of drug-likeness (QED) is 0.758. The summed E-state index contributed by atoms with van der Waals surface area (Å²) in [5.74, 6) is 0.895. The predicted molar refractivity (Wildman–Crippen MR) is 78.9 cm³/mol. The molecule has 1 aliphatic heterocycles. The molecule has 1 N–H and O–H groups in total. The van der Waals surface area contributed by atoms with E-state index in [9.17, 15) is 0 Å². The Balaban J connectivity index is 2.04. The number of hydrogen-bond donors (Lipinski definition) is 1. The van der Waals surface area contributed by atoms with Crippen LogP contribution < -0.4 is 5.32 Å². The molecule has 0 aromatic heterocycles. The van der Waals surface area contributed by atoms with E-state index in [0.717, 1.165) is 12.0 Å². The smallest absolute Gasteiger partial charge is 0.0277 e. The van der Waals surface area contributed by atoms with Crippen molar-refractivity contribution in [3.63, 3.8) is 0 Å². The molecule has 2 nitrogen and oxygen atoms in total. The Hall–Kier alpha value is -0.0800. The van der Waals surface area contributed by atoms with Gasteiger partial charge in [0.1, 0.15) is 0 Å². The van der Waals surface area contributed by atoms with Crippen LogP contribution in [0, 0.1) is 5.92 Å². The van der Waals surface area contributed by atoms with Crippen molar-refractivity contribution in [2.75, 3.05) is 19.6 Å². The van der Waals surface area contributed by atoms with Gasteiger partial charge in [-0.2, -0.15) is 0 Å². The minimum atomic E-state index is 0.336. The highest BCUT2D eigenvalue weighted by atomic mass is 15.2. The van der Waals surface area contributed by atoms with E-state index in [1.807, 2.05) is 0 Å². The van der Waals surface area contributed by atoms with Crippen LogP contribution in [0.1, 0.15) is 65.7 Å². The van der Waals surface area contributed by atoms with Gasteiger partial charge in [-0.15, -0.1) is 0 Å². The highest BCUT2D eigenvalue weighted by Crippen LogP contribution is 2.29. The summed E-state index contributed by atoms with van der Waals surface area (Å²) >= 11 is 0. The summed E-state index contributed by atoms with van der Waals surface area (Å²) in [4.78, 5) is 2.82. The minimum Gasteiger partial charge on any atom is -0.310 e. The Morgan fingerprint density at radius 3 is 2.72 bits per heavy atom. The second-order valence-corrected chi connectivity index (χ2v) is 6.85. The van der Waals surface area contributed by atoms with Gasteiger partial charge in [-0.25, -0.2) is 0 Å². The van der Waals surface area contributed by atoms with Gasteiger partial charge in [-0.3, -0.25) is 4.90 Å². The van der Waals surface area contributed by atoms with Crippen LogP contribution in [0.4, 0.5) is 0 Å². The summed E-state index contributed by atoms with van der Waals surface area (Å²) in [6.45, 7) is 11.0. The highest BCUT2D eigenvalue weighted by molar-refractivity contribution is 4.91. The zero-order chi connectivity index (χ0) is 13.0. The molecule has 1 heterocycles. The SMILES string of the molecule is CCC1(C)CN(C2CCCCCC2C)CCCN1. The van der Waals surface area contributed by atoms with Gasteiger partial charge < -0.3 is 5.32 Å². The average Bonchev–Trinajstić information content (AvgIpc) is 2.68. The van der Waals surface area contributed by atoms with Crippen molar-refractivity contribution in [3.8, 4) is 0 Å². The van der Waals surface area contributed by atoms with Crippen LogP contribution in [0.25, 0.3) is 0 Å². The summed E-state index contributed by atoms with van der Waals surface area (Å²) in [5, 5.41) is 3.77. The Bertz CT molecular complexity index is 253. The van der Waals surface area contributed by atoms with Crippen molar-refractivity contribution < 1.29 is 0 Å². The van der Waals surface area contributed by atoms with Gasteiger partial charge in [-0.1, -0.05) is 33.1 Å². The molecule has 2 rings (SSSR count). The Labute approximate surface area is 114 Å². The van der Waals surface area contributed by atoms with E-state index < -0.39 is 0 Å². The summed E-state index contributed by atoms with van der Waals surface area (Å²) in [5.41, 5.74) is 0.336. The molecule has 3 unspecified atom stereocenters. The summed E-state index contributed by atoms with van der Waals surface area (Å²) in [6, 6.07) is 0.846. The van der Waals surface area contributed by atoms with Gasteiger partial charge in [0, 0.05) is 18.1 Å². The van der Waals surface area contributed by atoms with E-state index >= 15 is 0 Å². The van der Waals surface area contributed by atoms with Crippen molar-refractivity contribution in [1.29, 1.82) is 0 Å². The lowest BCUT2D eigenvalue weighted by Crippen LogP contribution is -2.52. The maximum Gasteiger partial charge on any atom is 0.0277 e. The fourth-order valence-electron chi connectivity index (χ4n) is 3.79. The van der Waals surface area contributed by atoms with E-state index in [1.165, 1.54) is 64.6 Å². The highest BCUT2D eigenvalue weighted by Gasteiger charge is 2.33. The van der Waals surface area contributed by atoms with Crippen LogP contribution in [-0.4, -0.2) is 36.1 Å². The maximum absolute atomic E-state index is 3.77. The second-order valence-electron chi connectivity index (χ2n) is 6.85. The van der Waals surface area contributed by atoms with Crippen LogP contribution >= 0.6 is 0 Å². The molecular weight excluding hydrogens is 220 g/mol. The van der Waals surface area contributed by atoms with Gasteiger partial charge >= 0.3 is 0 Å². The minimum absolute atomic E-state index is 0.336. The average molecular weight is 252 g/mol. The summed E-state index contributed by atoms with van der Waals surface area (Å²) < 4.78 is 0. The molecule has 106 valence electrons. The summed E-state index contributed by atoms with van der Waals surface area (Å²) in [6.07, 6.45) is 9.79. The summed E-state index contributed by atoms with van der Waals surface area (Å²) in [7, 11) is 0. The fourth-order valence-corrected chi connectivity index (χ4v) is 3.79. The van der Waals surface area contributed by atoms with Crippen molar-refractivity contribution in [2.24, 2.45) is 5.92 Å². The molecule has 2 fully saturated rings. The van der Waals surface area contributed by atoms with Crippen LogP contribution in [0.15, 0.2) is 0 Å². The molecule has 0 radical (unpaired) electrons. The van der Waals surface area contributed by atoms with Crippen LogP contribution in [0.5, 0.6) is 0 Å². The molecule has 1 saturated carbocycles. The Morgan fingerprint density at radius 2 is 1.94 bits per heavy atom. The van der Waals surface area contributed by atoms with Crippen molar-refractivity contribution in [2.45, 2.75) is 77.3 Å². The van der Waals surface area contributed by atoms with E-state index in [0.29, 0.717) is 5.54 Å². The Morgan fingerprint density at radius 1 is 1.17 bits per heavy atom.